The Morgan fingerprint density at radius 1 is 1.18 bits per heavy atom. The molecule has 3 aromatic heterocycles. The van der Waals surface area contributed by atoms with Crippen molar-refractivity contribution in [3.05, 3.63) is 36.3 Å². The van der Waals surface area contributed by atoms with Crippen LogP contribution < -0.4 is 10.1 Å². The third-order valence-electron chi connectivity index (χ3n) is 7.28. The minimum Gasteiger partial charge on any atom is -0.479 e. The Bertz CT molecular complexity index is 1480. The van der Waals surface area contributed by atoms with Crippen molar-refractivity contribution in [1.82, 2.24) is 29.0 Å². The van der Waals surface area contributed by atoms with E-state index in [0.29, 0.717) is 53.9 Å². The molecular weight excluding hydrogens is 506 g/mol. The summed E-state index contributed by atoms with van der Waals surface area (Å²) < 4.78 is 68.1. The molecule has 2 aliphatic heterocycles. The Kier molecular flexibility index (Phi) is 6.14. The van der Waals surface area contributed by atoms with Crippen LogP contribution in [0.5, 0.6) is 5.88 Å². The van der Waals surface area contributed by atoms with Crippen molar-refractivity contribution < 1.29 is 27.0 Å². The normalized spacial score (nSPS) is 21.2. The zero-order valence-corrected chi connectivity index (χ0v) is 20.9. The van der Waals surface area contributed by atoms with Gasteiger partial charge in [-0.05, 0) is 37.1 Å². The molecule has 1 aromatic carbocycles. The fourth-order valence-electron chi connectivity index (χ4n) is 5.24. The molecule has 13 heteroatoms. The maximum Gasteiger partial charge on any atom is 0.406 e. The molecule has 38 heavy (non-hydrogen) atoms. The van der Waals surface area contributed by atoms with E-state index >= 15 is 0 Å². The summed E-state index contributed by atoms with van der Waals surface area (Å²) in [5, 5.41) is 7.64. The van der Waals surface area contributed by atoms with Crippen LogP contribution in [-0.4, -0.2) is 86.9 Å². The first-order valence-corrected chi connectivity index (χ1v) is 12.4. The second-order valence-corrected chi connectivity index (χ2v) is 9.77. The second-order valence-electron chi connectivity index (χ2n) is 9.77. The van der Waals surface area contributed by atoms with Gasteiger partial charge in [-0.1, -0.05) is 6.07 Å². The van der Waals surface area contributed by atoms with Crippen LogP contribution in [0.3, 0.4) is 0 Å². The van der Waals surface area contributed by atoms with Crippen LogP contribution in [-0.2, 0) is 11.3 Å². The molecule has 0 bridgehead atoms. The van der Waals surface area contributed by atoms with Gasteiger partial charge in [-0.3, -0.25) is 4.90 Å². The summed E-state index contributed by atoms with van der Waals surface area (Å²) in [5.74, 6) is 0.784. The van der Waals surface area contributed by atoms with Crippen molar-refractivity contribution in [2.75, 3.05) is 38.7 Å². The summed E-state index contributed by atoms with van der Waals surface area (Å²) in [7, 11) is 1.48. The molecule has 0 amide bonds. The number of rotatable bonds is 6. The molecule has 202 valence electrons. The molecule has 2 atom stereocenters. The lowest BCUT2D eigenvalue weighted by Crippen LogP contribution is -2.57. The number of hydrogen-bond donors (Lipinski definition) is 1. The third-order valence-corrected chi connectivity index (χ3v) is 7.28. The van der Waals surface area contributed by atoms with Gasteiger partial charge in [0.25, 0.3) is 0 Å². The van der Waals surface area contributed by atoms with Crippen LogP contribution in [0.2, 0.25) is 0 Å². The summed E-state index contributed by atoms with van der Waals surface area (Å²) in [5.41, 5.74) is 2.76. The summed E-state index contributed by atoms with van der Waals surface area (Å²) in [6, 6.07) is 6.81. The lowest BCUT2D eigenvalue weighted by atomic mass is 10.0. The number of fused-ring (bicyclic) bond motifs is 2. The summed E-state index contributed by atoms with van der Waals surface area (Å²) >= 11 is 0. The average Bonchev–Trinajstić information content (AvgIpc) is 3.39. The minimum atomic E-state index is -4.38. The second kappa shape index (κ2) is 9.38. The molecule has 2 saturated heterocycles. The highest BCUT2D eigenvalue weighted by Crippen LogP contribution is 2.34. The lowest BCUT2D eigenvalue weighted by Gasteiger charge is -2.42. The number of likely N-dealkylation sites (tertiary alicyclic amines) is 1. The number of nitrogens with zero attached hydrogens (tertiary/aromatic N) is 6. The Hall–Kier alpha value is -3.45. The Morgan fingerprint density at radius 3 is 2.68 bits per heavy atom. The third kappa shape index (κ3) is 4.53. The molecule has 0 unspecified atom stereocenters. The van der Waals surface area contributed by atoms with Crippen LogP contribution in [0.1, 0.15) is 12.2 Å². The SMILES string of the molecule is COc1nc(N[C@@H]2CCN(C3COC3)C[C@@H]2F)nn2ccc(-c3ccc4nc(C)n(CC(F)(F)F)c4c3)c12. The molecule has 0 aliphatic carbocycles. The van der Waals surface area contributed by atoms with E-state index in [1.165, 1.54) is 7.11 Å². The molecule has 1 N–H and O–H groups in total. The van der Waals surface area contributed by atoms with E-state index in [1.54, 1.807) is 41.9 Å². The van der Waals surface area contributed by atoms with Gasteiger partial charge in [0.1, 0.15) is 24.1 Å². The highest BCUT2D eigenvalue weighted by Gasteiger charge is 2.36. The Labute approximate surface area is 215 Å². The number of nitrogens with one attached hydrogen (secondary N) is 1. The monoisotopic (exact) mass is 533 g/mol. The predicted molar refractivity (Wildman–Crippen MR) is 132 cm³/mol. The quantitative estimate of drug-likeness (QED) is 0.377. The van der Waals surface area contributed by atoms with Crippen molar-refractivity contribution in [2.45, 2.75) is 44.3 Å². The average molecular weight is 534 g/mol. The van der Waals surface area contributed by atoms with Crippen molar-refractivity contribution >= 4 is 22.5 Å². The molecule has 2 aliphatic rings. The van der Waals surface area contributed by atoms with E-state index in [2.05, 4.69) is 25.3 Å². The van der Waals surface area contributed by atoms with Gasteiger partial charge in [-0.2, -0.15) is 18.2 Å². The van der Waals surface area contributed by atoms with Crippen molar-refractivity contribution in [1.29, 1.82) is 0 Å². The largest absolute Gasteiger partial charge is 0.479 e. The number of alkyl halides is 4. The number of hydrogen-bond acceptors (Lipinski definition) is 7. The Balaban J connectivity index is 1.30. The number of aromatic nitrogens is 5. The molecule has 6 rings (SSSR count). The molecular formula is C25H27F4N7O2. The number of imidazole rings is 1. The summed E-state index contributed by atoms with van der Waals surface area (Å²) in [6.45, 7) is 2.80. The van der Waals surface area contributed by atoms with Crippen molar-refractivity contribution in [3.63, 3.8) is 0 Å². The summed E-state index contributed by atoms with van der Waals surface area (Å²) in [4.78, 5) is 10.9. The number of methoxy groups -OCH3 is 1. The highest BCUT2D eigenvalue weighted by molar-refractivity contribution is 5.89. The van der Waals surface area contributed by atoms with E-state index in [-0.39, 0.29) is 23.7 Å². The molecule has 2 fully saturated rings. The Morgan fingerprint density at radius 2 is 2.00 bits per heavy atom. The van der Waals surface area contributed by atoms with Gasteiger partial charge in [-0.15, -0.1) is 5.10 Å². The fourth-order valence-corrected chi connectivity index (χ4v) is 5.24. The number of benzene rings is 1. The molecule has 4 aromatic rings. The molecule has 0 saturated carbocycles. The van der Waals surface area contributed by atoms with Gasteiger partial charge < -0.3 is 19.4 Å². The number of anilines is 1. The zero-order chi connectivity index (χ0) is 26.6. The van der Waals surface area contributed by atoms with Gasteiger partial charge >= 0.3 is 6.18 Å². The van der Waals surface area contributed by atoms with Crippen LogP contribution >= 0.6 is 0 Å². The van der Waals surface area contributed by atoms with E-state index in [9.17, 15) is 17.6 Å². The van der Waals surface area contributed by atoms with E-state index in [0.717, 1.165) is 11.1 Å². The first kappa shape index (κ1) is 24.9. The first-order chi connectivity index (χ1) is 18.2. The van der Waals surface area contributed by atoms with Crippen LogP contribution in [0.15, 0.2) is 30.5 Å². The standard InChI is InChI=1S/C25H27F4N7O2/c1-14-30-20-4-3-15(9-21(20)35(14)13-25(27,28)29)17-5-8-36-22(17)23(37-2)32-24(33-36)31-19-6-7-34(10-18(19)26)16-11-38-12-16/h3-5,8-9,16,18-19H,6-7,10-13H2,1-2H3,(H,31,33)/t18-,19+/m0/s1. The first-order valence-electron chi connectivity index (χ1n) is 12.4. The summed E-state index contributed by atoms with van der Waals surface area (Å²) in [6.07, 6.45) is -3.15. The molecule has 9 nitrogen and oxygen atoms in total. The van der Waals surface area contributed by atoms with Gasteiger partial charge in [0.2, 0.25) is 11.8 Å². The highest BCUT2D eigenvalue weighted by atomic mass is 19.4. The number of aryl methyl sites for hydroxylation is 1. The van der Waals surface area contributed by atoms with Gasteiger partial charge in [0, 0.05) is 24.8 Å². The number of halogens is 4. The maximum absolute atomic E-state index is 15.0. The molecule has 5 heterocycles. The lowest BCUT2D eigenvalue weighted by molar-refractivity contribution is -0.140. The minimum absolute atomic E-state index is 0.235. The van der Waals surface area contributed by atoms with Crippen molar-refractivity contribution in [3.8, 4) is 17.0 Å². The van der Waals surface area contributed by atoms with E-state index in [4.69, 9.17) is 9.47 Å². The van der Waals surface area contributed by atoms with E-state index in [1.807, 2.05) is 0 Å². The molecule has 0 radical (unpaired) electrons. The van der Waals surface area contributed by atoms with Crippen LogP contribution in [0, 0.1) is 6.92 Å². The van der Waals surface area contributed by atoms with Crippen LogP contribution in [0.25, 0.3) is 27.7 Å². The topological polar surface area (TPSA) is 81.7 Å². The predicted octanol–water partition coefficient (Wildman–Crippen LogP) is 3.85. The van der Waals surface area contributed by atoms with Gasteiger partial charge in [-0.25, -0.2) is 13.9 Å². The van der Waals surface area contributed by atoms with E-state index < -0.39 is 24.9 Å². The zero-order valence-electron chi connectivity index (χ0n) is 20.9. The maximum atomic E-state index is 15.0. The number of piperidine rings is 1. The van der Waals surface area contributed by atoms with Crippen molar-refractivity contribution in [2.24, 2.45) is 0 Å². The van der Waals surface area contributed by atoms with Gasteiger partial charge in [0.05, 0.1) is 43.4 Å². The smallest absolute Gasteiger partial charge is 0.406 e. The van der Waals surface area contributed by atoms with Crippen LogP contribution in [0.4, 0.5) is 23.5 Å². The van der Waals surface area contributed by atoms with Gasteiger partial charge in [0.15, 0.2) is 0 Å². The number of ether oxygens (including phenoxy) is 2. The molecule has 0 spiro atoms. The fraction of sp³-hybridized carbons (Fsp3) is 0.480.